The smallest absolute Gasteiger partial charge is 0.359 e. The fourth-order valence-electron chi connectivity index (χ4n) is 1.21. The molecule has 7 heteroatoms. The molecule has 0 saturated heterocycles. The van der Waals surface area contributed by atoms with E-state index in [0.29, 0.717) is 17.0 Å². The lowest BCUT2D eigenvalue weighted by molar-refractivity contribution is 0.0519. The molecule has 0 unspecified atom stereocenters. The Kier molecular flexibility index (Phi) is 3.25. The fraction of sp³-hybridized carbons (Fsp3) is 0.222. The van der Waals surface area contributed by atoms with Crippen LogP contribution >= 0.6 is 31.9 Å². The zero-order valence-electron chi connectivity index (χ0n) is 8.28. The molecule has 0 radical (unpaired) electrons. The van der Waals surface area contributed by atoms with E-state index in [0.717, 1.165) is 4.47 Å². The highest BCUT2D eigenvalue weighted by Gasteiger charge is 2.18. The molecule has 84 valence electrons. The Balaban J connectivity index is 2.56. The number of aromatic nitrogens is 3. The number of rotatable bonds is 2. The Morgan fingerprint density at radius 3 is 3.00 bits per heavy atom. The zero-order chi connectivity index (χ0) is 11.7. The van der Waals surface area contributed by atoms with Gasteiger partial charge < -0.3 is 4.74 Å². The molecule has 16 heavy (non-hydrogen) atoms. The second-order valence-corrected chi connectivity index (χ2v) is 4.58. The van der Waals surface area contributed by atoms with Crippen LogP contribution in [-0.4, -0.2) is 26.9 Å². The van der Waals surface area contributed by atoms with Gasteiger partial charge in [0, 0.05) is 12.4 Å². The minimum atomic E-state index is -0.462. The van der Waals surface area contributed by atoms with Crippen LogP contribution in [0.25, 0.3) is 5.78 Å². The minimum Gasteiger partial charge on any atom is -0.461 e. The lowest BCUT2D eigenvalue weighted by Crippen LogP contribution is -2.05. The van der Waals surface area contributed by atoms with Gasteiger partial charge in [0.2, 0.25) is 5.78 Å². The SMILES string of the molecule is CCOC(=O)c1nc2ncc(Br)cn2c1Br. The highest BCUT2D eigenvalue weighted by Crippen LogP contribution is 2.20. The number of hydrogen-bond acceptors (Lipinski definition) is 4. The molecular weight excluding hydrogens is 342 g/mol. The molecule has 0 aliphatic carbocycles. The number of carbonyl (C=O) groups is 1. The lowest BCUT2D eigenvalue weighted by Gasteiger charge is -1.97. The quantitative estimate of drug-likeness (QED) is 0.782. The third-order valence-electron chi connectivity index (χ3n) is 1.86. The predicted molar refractivity (Wildman–Crippen MR) is 64.3 cm³/mol. The van der Waals surface area contributed by atoms with Gasteiger partial charge in [-0.1, -0.05) is 0 Å². The van der Waals surface area contributed by atoms with Gasteiger partial charge in [-0.3, -0.25) is 4.40 Å². The van der Waals surface area contributed by atoms with E-state index in [1.165, 1.54) is 0 Å². The van der Waals surface area contributed by atoms with Crippen molar-refractivity contribution in [2.45, 2.75) is 6.92 Å². The molecular formula is C9H7Br2N3O2. The molecule has 0 bridgehead atoms. The standard InChI is InChI=1S/C9H7Br2N3O2/c1-2-16-8(15)6-7(11)14-4-5(10)3-12-9(14)13-6/h3-4H,2H2,1H3. The van der Waals surface area contributed by atoms with E-state index in [-0.39, 0.29) is 5.69 Å². The predicted octanol–water partition coefficient (Wildman–Crippen LogP) is 2.43. The highest BCUT2D eigenvalue weighted by molar-refractivity contribution is 9.10. The second-order valence-electron chi connectivity index (χ2n) is 2.91. The molecule has 2 rings (SSSR count). The first-order valence-electron chi connectivity index (χ1n) is 4.49. The number of hydrogen-bond donors (Lipinski definition) is 0. The van der Waals surface area contributed by atoms with Crippen LogP contribution in [0.4, 0.5) is 0 Å². The Bertz CT molecular complexity index is 553. The molecule has 0 aliphatic heterocycles. The molecule has 0 N–H and O–H groups in total. The summed E-state index contributed by atoms with van der Waals surface area (Å²) >= 11 is 6.59. The molecule has 0 aliphatic rings. The molecule has 0 saturated carbocycles. The van der Waals surface area contributed by atoms with Crippen LogP contribution in [0.3, 0.4) is 0 Å². The van der Waals surface area contributed by atoms with Crippen LogP contribution in [-0.2, 0) is 4.74 Å². The maximum Gasteiger partial charge on any atom is 0.359 e. The van der Waals surface area contributed by atoms with Gasteiger partial charge in [0.25, 0.3) is 0 Å². The largest absolute Gasteiger partial charge is 0.461 e. The van der Waals surface area contributed by atoms with Gasteiger partial charge in [-0.15, -0.1) is 0 Å². The first-order valence-corrected chi connectivity index (χ1v) is 6.08. The maximum absolute atomic E-state index is 11.6. The van der Waals surface area contributed by atoms with E-state index in [2.05, 4.69) is 41.8 Å². The summed E-state index contributed by atoms with van der Waals surface area (Å²) < 4.78 is 7.88. The number of carbonyl (C=O) groups excluding carboxylic acids is 1. The van der Waals surface area contributed by atoms with Gasteiger partial charge in [-0.05, 0) is 38.8 Å². The van der Waals surface area contributed by atoms with Crippen molar-refractivity contribution in [2.75, 3.05) is 6.61 Å². The minimum absolute atomic E-state index is 0.229. The maximum atomic E-state index is 11.6. The van der Waals surface area contributed by atoms with Gasteiger partial charge in [-0.25, -0.2) is 14.8 Å². The van der Waals surface area contributed by atoms with Crippen LogP contribution < -0.4 is 0 Å². The van der Waals surface area contributed by atoms with Gasteiger partial charge in [0.05, 0.1) is 11.1 Å². The topological polar surface area (TPSA) is 56.5 Å². The van der Waals surface area contributed by atoms with Crippen LogP contribution in [0.15, 0.2) is 21.5 Å². The van der Waals surface area contributed by atoms with Crippen molar-refractivity contribution in [1.29, 1.82) is 0 Å². The van der Waals surface area contributed by atoms with Gasteiger partial charge in [0.15, 0.2) is 5.69 Å². The summed E-state index contributed by atoms with van der Waals surface area (Å²) in [7, 11) is 0. The molecule has 2 aromatic heterocycles. The average molecular weight is 349 g/mol. The summed E-state index contributed by atoms with van der Waals surface area (Å²) in [6, 6.07) is 0. The van der Waals surface area contributed by atoms with Crippen molar-refractivity contribution in [2.24, 2.45) is 0 Å². The van der Waals surface area contributed by atoms with Crippen molar-refractivity contribution in [3.63, 3.8) is 0 Å². The molecule has 5 nitrogen and oxygen atoms in total. The number of esters is 1. The number of halogens is 2. The third-order valence-corrected chi connectivity index (χ3v) is 3.03. The van der Waals surface area contributed by atoms with Crippen LogP contribution in [0.1, 0.15) is 17.4 Å². The molecule has 0 aromatic carbocycles. The van der Waals surface area contributed by atoms with Crippen LogP contribution in [0, 0.1) is 0 Å². The van der Waals surface area contributed by atoms with Crippen molar-refractivity contribution in [3.8, 4) is 0 Å². The summed E-state index contributed by atoms with van der Waals surface area (Å²) in [5.74, 6) is -0.0193. The first-order chi connectivity index (χ1) is 7.63. The van der Waals surface area contributed by atoms with E-state index in [4.69, 9.17) is 4.74 Å². The van der Waals surface area contributed by atoms with E-state index < -0.39 is 5.97 Å². The molecule has 0 spiro atoms. The van der Waals surface area contributed by atoms with Crippen molar-refractivity contribution in [3.05, 3.63) is 27.2 Å². The molecule has 0 atom stereocenters. The Hall–Kier alpha value is -0.950. The molecule has 0 amide bonds. The Morgan fingerprint density at radius 2 is 2.31 bits per heavy atom. The molecule has 2 aromatic rings. The van der Waals surface area contributed by atoms with E-state index >= 15 is 0 Å². The van der Waals surface area contributed by atoms with Gasteiger partial charge in [-0.2, -0.15) is 0 Å². The first kappa shape index (κ1) is 11.5. The summed E-state index contributed by atoms with van der Waals surface area (Å²) in [6.45, 7) is 2.06. The average Bonchev–Trinajstić information content (AvgIpc) is 2.57. The van der Waals surface area contributed by atoms with E-state index in [1.54, 1.807) is 23.7 Å². The summed E-state index contributed by atoms with van der Waals surface area (Å²) in [6.07, 6.45) is 3.38. The van der Waals surface area contributed by atoms with E-state index in [9.17, 15) is 4.79 Å². The molecule has 0 fully saturated rings. The highest BCUT2D eigenvalue weighted by atomic mass is 79.9. The van der Waals surface area contributed by atoms with Gasteiger partial charge >= 0.3 is 5.97 Å². The number of ether oxygens (including phenoxy) is 1. The lowest BCUT2D eigenvalue weighted by atomic mass is 10.5. The number of fused-ring (bicyclic) bond motifs is 1. The summed E-state index contributed by atoms with van der Waals surface area (Å²) in [5, 5.41) is 0. The Labute approximate surface area is 108 Å². The second kappa shape index (κ2) is 4.50. The van der Waals surface area contributed by atoms with Crippen molar-refractivity contribution in [1.82, 2.24) is 14.4 Å². The summed E-state index contributed by atoms with van der Waals surface area (Å²) in [4.78, 5) is 19.7. The Morgan fingerprint density at radius 1 is 1.56 bits per heavy atom. The third kappa shape index (κ3) is 1.97. The van der Waals surface area contributed by atoms with Crippen molar-refractivity contribution < 1.29 is 9.53 Å². The van der Waals surface area contributed by atoms with Crippen LogP contribution in [0.2, 0.25) is 0 Å². The normalized spacial score (nSPS) is 10.7. The number of imidazole rings is 1. The van der Waals surface area contributed by atoms with Crippen LogP contribution in [0.5, 0.6) is 0 Å². The zero-order valence-corrected chi connectivity index (χ0v) is 11.4. The fourth-order valence-corrected chi connectivity index (χ4v) is 2.03. The summed E-state index contributed by atoms with van der Waals surface area (Å²) in [5.41, 5.74) is 0.229. The molecule has 2 heterocycles. The van der Waals surface area contributed by atoms with E-state index in [1.807, 2.05) is 0 Å². The monoisotopic (exact) mass is 347 g/mol. The number of nitrogens with zero attached hydrogens (tertiary/aromatic N) is 3. The van der Waals surface area contributed by atoms with Crippen molar-refractivity contribution >= 4 is 43.6 Å². The van der Waals surface area contributed by atoms with Gasteiger partial charge in [0.1, 0.15) is 4.60 Å².